The molecule has 0 aliphatic carbocycles. The van der Waals surface area contributed by atoms with Gasteiger partial charge in [0.05, 0.1) is 10.6 Å². The van der Waals surface area contributed by atoms with E-state index in [0.717, 1.165) is 21.9 Å². The summed E-state index contributed by atoms with van der Waals surface area (Å²) in [6.45, 7) is 0. The molecule has 2 rings (SSSR count). The fourth-order valence-electron chi connectivity index (χ4n) is 1.10. The average Bonchev–Trinajstić information content (AvgIpc) is 2.76. The molecular formula is C10H7N3O2S. The first-order valence-electron chi connectivity index (χ1n) is 4.44. The second-order valence-corrected chi connectivity index (χ2v) is 3.99. The number of hydrogen-bond acceptors (Lipinski definition) is 5. The minimum Gasteiger partial charge on any atom is -0.258 e. The SMILES string of the molecule is O=[N+]([O-])c1ccc(/C=C/c2ccncn2)s1. The maximum absolute atomic E-state index is 10.5. The lowest BCUT2D eigenvalue weighted by Crippen LogP contribution is -1.80. The molecule has 0 saturated heterocycles. The van der Waals surface area contributed by atoms with Gasteiger partial charge in [-0.25, -0.2) is 9.97 Å². The van der Waals surface area contributed by atoms with Crippen LogP contribution in [0.4, 0.5) is 5.00 Å². The Kier molecular flexibility index (Phi) is 3.02. The van der Waals surface area contributed by atoms with Crippen molar-refractivity contribution >= 4 is 28.5 Å². The Morgan fingerprint density at radius 2 is 2.19 bits per heavy atom. The van der Waals surface area contributed by atoms with Crippen LogP contribution in [0.25, 0.3) is 12.2 Å². The van der Waals surface area contributed by atoms with Gasteiger partial charge in [0.2, 0.25) is 0 Å². The lowest BCUT2D eigenvalue weighted by Gasteiger charge is -1.88. The van der Waals surface area contributed by atoms with Crippen molar-refractivity contribution in [1.82, 2.24) is 9.97 Å². The zero-order valence-corrected chi connectivity index (χ0v) is 8.92. The van der Waals surface area contributed by atoms with Gasteiger partial charge in [-0.1, -0.05) is 11.3 Å². The summed E-state index contributed by atoms with van der Waals surface area (Å²) in [6.07, 6.45) is 6.68. The van der Waals surface area contributed by atoms with Gasteiger partial charge in [-0.3, -0.25) is 10.1 Å². The number of hydrogen-bond donors (Lipinski definition) is 0. The van der Waals surface area contributed by atoms with Gasteiger partial charge in [0.1, 0.15) is 6.33 Å². The Morgan fingerprint density at radius 1 is 1.31 bits per heavy atom. The monoisotopic (exact) mass is 233 g/mol. The van der Waals surface area contributed by atoms with E-state index >= 15 is 0 Å². The van der Waals surface area contributed by atoms with Gasteiger partial charge in [0.15, 0.2) is 0 Å². The average molecular weight is 233 g/mol. The van der Waals surface area contributed by atoms with Crippen LogP contribution in [-0.2, 0) is 0 Å². The topological polar surface area (TPSA) is 68.9 Å². The summed E-state index contributed by atoms with van der Waals surface area (Å²) >= 11 is 1.13. The van der Waals surface area contributed by atoms with Crippen molar-refractivity contribution < 1.29 is 4.92 Å². The standard InChI is InChI=1S/C10H7N3O2S/c14-13(15)10-4-3-9(16-10)2-1-8-5-6-11-7-12-8/h1-7H/b2-1+. The maximum atomic E-state index is 10.5. The van der Waals surface area contributed by atoms with E-state index in [0.29, 0.717) is 0 Å². The molecule has 2 heterocycles. The fourth-order valence-corrected chi connectivity index (χ4v) is 1.82. The lowest BCUT2D eigenvalue weighted by molar-refractivity contribution is -0.380. The normalized spacial score (nSPS) is 10.8. The second kappa shape index (κ2) is 4.63. The molecular weight excluding hydrogens is 226 g/mol. The molecule has 0 aliphatic heterocycles. The molecule has 0 saturated carbocycles. The number of nitrogens with zero attached hydrogens (tertiary/aromatic N) is 3. The summed E-state index contributed by atoms with van der Waals surface area (Å²) in [7, 11) is 0. The molecule has 0 aromatic carbocycles. The Morgan fingerprint density at radius 3 is 2.81 bits per heavy atom. The minimum absolute atomic E-state index is 0.141. The molecule has 0 N–H and O–H groups in total. The fraction of sp³-hybridized carbons (Fsp3) is 0. The van der Waals surface area contributed by atoms with Gasteiger partial charge in [0, 0.05) is 17.1 Å². The van der Waals surface area contributed by atoms with E-state index in [1.54, 1.807) is 30.5 Å². The maximum Gasteiger partial charge on any atom is 0.324 e. The molecule has 0 radical (unpaired) electrons. The Labute approximate surface area is 95.3 Å². The summed E-state index contributed by atoms with van der Waals surface area (Å²) in [5.74, 6) is 0. The zero-order valence-electron chi connectivity index (χ0n) is 8.11. The zero-order chi connectivity index (χ0) is 11.4. The van der Waals surface area contributed by atoms with Gasteiger partial charge in [-0.2, -0.15) is 0 Å². The molecule has 0 amide bonds. The molecule has 0 unspecified atom stereocenters. The van der Waals surface area contributed by atoms with Gasteiger partial charge in [-0.05, 0) is 24.3 Å². The number of rotatable bonds is 3. The number of nitro groups is 1. The summed E-state index contributed by atoms with van der Waals surface area (Å²) < 4.78 is 0. The van der Waals surface area contributed by atoms with Crippen LogP contribution in [0.1, 0.15) is 10.6 Å². The highest BCUT2D eigenvalue weighted by molar-refractivity contribution is 7.16. The first-order chi connectivity index (χ1) is 7.75. The van der Waals surface area contributed by atoms with Crippen LogP contribution in [0.5, 0.6) is 0 Å². The quantitative estimate of drug-likeness (QED) is 0.603. The summed E-state index contributed by atoms with van der Waals surface area (Å²) in [5.41, 5.74) is 0.769. The van der Waals surface area contributed by atoms with Crippen molar-refractivity contribution in [3.8, 4) is 0 Å². The van der Waals surface area contributed by atoms with Gasteiger partial charge >= 0.3 is 5.00 Å². The van der Waals surface area contributed by atoms with E-state index in [-0.39, 0.29) is 5.00 Å². The van der Waals surface area contributed by atoms with Crippen LogP contribution in [0.2, 0.25) is 0 Å². The van der Waals surface area contributed by atoms with Crippen LogP contribution in [0, 0.1) is 10.1 Å². The van der Waals surface area contributed by atoms with Crippen LogP contribution in [0.3, 0.4) is 0 Å². The lowest BCUT2D eigenvalue weighted by atomic mass is 10.3. The van der Waals surface area contributed by atoms with Crippen LogP contribution < -0.4 is 0 Å². The van der Waals surface area contributed by atoms with Gasteiger partial charge in [0.25, 0.3) is 0 Å². The van der Waals surface area contributed by atoms with Crippen molar-refractivity contribution in [2.45, 2.75) is 0 Å². The summed E-state index contributed by atoms with van der Waals surface area (Å²) in [5, 5.41) is 10.6. The Balaban J connectivity index is 2.15. The van der Waals surface area contributed by atoms with Crippen LogP contribution in [0.15, 0.2) is 30.7 Å². The first kappa shape index (κ1) is 10.4. The number of aromatic nitrogens is 2. The van der Waals surface area contributed by atoms with E-state index < -0.39 is 4.92 Å². The third-order valence-electron chi connectivity index (χ3n) is 1.82. The van der Waals surface area contributed by atoms with Crippen LogP contribution in [-0.4, -0.2) is 14.9 Å². The van der Waals surface area contributed by atoms with Crippen molar-refractivity contribution in [2.75, 3.05) is 0 Å². The molecule has 0 fully saturated rings. The van der Waals surface area contributed by atoms with E-state index in [1.165, 1.54) is 12.4 Å². The van der Waals surface area contributed by atoms with E-state index in [9.17, 15) is 10.1 Å². The summed E-state index contributed by atoms with van der Waals surface area (Å²) in [4.78, 5) is 18.7. The second-order valence-electron chi connectivity index (χ2n) is 2.90. The van der Waals surface area contributed by atoms with Gasteiger partial charge < -0.3 is 0 Å². The number of thiophene rings is 1. The van der Waals surface area contributed by atoms with Crippen molar-refractivity contribution in [3.63, 3.8) is 0 Å². The molecule has 0 atom stereocenters. The Hall–Kier alpha value is -2.08. The molecule has 0 spiro atoms. The van der Waals surface area contributed by atoms with Crippen molar-refractivity contribution in [2.24, 2.45) is 0 Å². The van der Waals surface area contributed by atoms with E-state index in [2.05, 4.69) is 9.97 Å². The molecule has 0 bridgehead atoms. The van der Waals surface area contributed by atoms with Crippen molar-refractivity contribution in [3.05, 3.63) is 51.4 Å². The highest BCUT2D eigenvalue weighted by Crippen LogP contribution is 2.25. The third-order valence-corrected chi connectivity index (χ3v) is 2.82. The molecule has 2 aromatic rings. The molecule has 6 heteroatoms. The van der Waals surface area contributed by atoms with Crippen LogP contribution >= 0.6 is 11.3 Å². The predicted octanol–water partition coefficient (Wildman–Crippen LogP) is 2.62. The van der Waals surface area contributed by atoms with E-state index in [1.807, 2.05) is 0 Å². The molecule has 0 aliphatic rings. The first-order valence-corrected chi connectivity index (χ1v) is 5.26. The third kappa shape index (κ3) is 2.48. The van der Waals surface area contributed by atoms with Crippen molar-refractivity contribution in [1.29, 1.82) is 0 Å². The molecule has 16 heavy (non-hydrogen) atoms. The summed E-state index contributed by atoms with van der Waals surface area (Å²) in [6, 6.07) is 4.96. The molecule has 80 valence electrons. The van der Waals surface area contributed by atoms with Gasteiger partial charge in [-0.15, -0.1) is 0 Å². The minimum atomic E-state index is -0.396. The molecule has 5 nitrogen and oxygen atoms in total. The highest BCUT2D eigenvalue weighted by Gasteiger charge is 2.07. The predicted molar refractivity (Wildman–Crippen MR) is 61.9 cm³/mol. The molecule has 2 aromatic heterocycles. The smallest absolute Gasteiger partial charge is 0.258 e. The highest BCUT2D eigenvalue weighted by atomic mass is 32.1. The largest absolute Gasteiger partial charge is 0.324 e. The van der Waals surface area contributed by atoms with E-state index in [4.69, 9.17) is 0 Å². The Bertz CT molecular complexity index is 522.